The molecule has 1 atom stereocenters. The minimum atomic E-state index is -0.248. The van der Waals surface area contributed by atoms with Crippen molar-refractivity contribution < 1.29 is 19.4 Å². The summed E-state index contributed by atoms with van der Waals surface area (Å²) in [5.41, 5.74) is 3.42. The molecule has 0 aliphatic carbocycles. The Labute approximate surface area is 211 Å². The molecule has 0 fully saturated rings. The highest BCUT2D eigenvalue weighted by atomic mass is 79.9. The second-order valence-electron chi connectivity index (χ2n) is 8.15. The topological polar surface area (TPSA) is 68.7 Å². The van der Waals surface area contributed by atoms with Crippen molar-refractivity contribution >= 4 is 37.8 Å². The van der Waals surface area contributed by atoms with Crippen molar-refractivity contribution in [1.82, 2.24) is 4.98 Å². The molecule has 7 heteroatoms. The van der Waals surface area contributed by atoms with Gasteiger partial charge in [-0.05, 0) is 86.2 Å². The maximum atomic E-state index is 11.5. The van der Waals surface area contributed by atoms with Crippen LogP contribution in [0.3, 0.4) is 0 Å². The minimum absolute atomic E-state index is 0.107. The van der Waals surface area contributed by atoms with Crippen LogP contribution in [-0.4, -0.2) is 23.2 Å². The summed E-state index contributed by atoms with van der Waals surface area (Å²) in [7, 11) is 1.39. The van der Waals surface area contributed by atoms with Crippen LogP contribution in [-0.2, 0) is 16.0 Å². The number of benzene rings is 2. The molecule has 0 aliphatic heterocycles. The molecule has 2 aromatic carbocycles. The molecule has 0 aliphatic rings. The van der Waals surface area contributed by atoms with Crippen molar-refractivity contribution in [2.24, 2.45) is 0 Å². The molecular formula is C26H27Br2NO4. The van der Waals surface area contributed by atoms with Crippen LogP contribution in [0, 0.1) is 0 Å². The number of phenols is 1. The zero-order valence-electron chi connectivity index (χ0n) is 19.1. The van der Waals surface area contributed by atoms with Gasteiger partial charge >= 0.3 is 5.97 Å². The lowest BCUT2D eigenvalue weighted by Gasteiger charge is -2.20. The normalized spacial score (nSPS) is 12.0. The number of carbonyl (C=O) groups excluding carboxylic acids is 1. The fourth-order valence-electron chi connectivity index (χ4n) is 3.59. The lowest BCUT2D eigenvalue weighted by atomic mass is 9.90. The van der Waals surface area contributed by atoms with Crippen LogP contribution in [0.25, 0.3) is 0 Å². The van der Waals surface area contributed by atoms with E-state index in [1.54, 1.807) is 6.20 Å². The number of phenolic OH excluding ortho intramolecular Hbond substituents is 1. The van der Waals surface area contributed by atoms with Crippen molar-refractivity contribution in [2.45, 2.75) is 45.4 Å². The van der Waals surface area contributed by atoms with E-state index in [9.17, 15) is 9.90 Å². The number of pyridine rings is 1. The highest BCUT2D eigenvalue weighted by Gasteiger charge is 2.21. The average molecular weight is 577 g/mol. The standard InChI is InChI=1S/C26H27Br2NO4/c1-15(2)19-13-18(14-20(25(19)31)16(3)23-7-5-6-10-29-23)33-26-21(27)11-17(12-22(26)28)8-9-24(30)32-4/h5-7,10-16,31H,8-9H2,1-4H3. The Morgan fingerprint density at radius 3 is 2.30 bits per heavy atom. The molecule has 1 N–H and O–H groups in total. The van der Waals surface area contributed by atoms with Crippen molar-refractivity contribution in [2.75, 3.05) is 7.11 Å². The van der Waals surface area contributed by atoms with Gasteiger partial charge in [-0.25, -0.2) is 0 Å². The lowest BCUT2D eigenvalue weighted by Crippen LogP contribution is -2.03. The number of halogens is 2. The van der Waals surface area contributed by atoms with Crippen LogP contribution in [0.2, 0.25) is 0 Å². The third-order valence-corrected chi connectivity index (χ3v) is 6.66. The smallest absolute Gasteiger partial charge is 0.305 e. The van der Waals surface area contributed by atoms with E-state index in [1.165, 1.54) is 7.11 Å². The highest BCUT2D eigenvalue weighted by Crippen LogP contribution is 2.43. The maximum Gasteiger partial charge on any atom is 0.305 e. The molecule has 0 bridgehead atoms. The van der Waals surface area contributed by atoms with Gasteiger partial charge in [0.25, 0.3) is 0 Å². The summed E-state index contributed by atoms with van der Waals surface area (Å²) < 4.78 is 12.5. The molecule has 1 heterocycles. The largest absolute Gasteiger partial charge is 0.507 e. The number of hydrogen-bond acceptors (Lipinski definition) is 5. The van der Waals surface area contributed by atoms with Gasteiger partial charge < -0.3 is 14.6 Å². The number of hydrogen-bond donors (Lipinski definition) is 1. The zero-order valence-corrected chi connectivity index (χ0v) is 22.2. The summed E-state index contributed by atoms with van der Waals surface area (Å²) in [6.07, 6.45) is 2.62. The van der Waals surface area contributed by atoms with Crippen LogP contribution in [0.4, 0.5) is 0 Å². The first-order chi connectivity index (χ1) is 15.7. The molecule has 0 amide bonds. The number of rotatable bonds is 8. The summed E-state index contributed by atoms with van der Waals surface area (Å²) in [5.74, 6) is 1.26. The number of carbonyl (C=O) groups is 1. The number of methoxy groups -OCH3 is 1. The summed E-state index contributed by atoms with van der Waals surface area (Å²) in [4.78, 5) is 15.9. The first-order valence-corrected chi connectivity index (χ1v) is 12.3. The van der Waals surface area contributed by atoms with Gasteiger partial charge in [0.2, 0.25) is 0 Å². The Morgan fingerprint density at radius 1 is 1.06 bits per heavy atom. The number of aromatic hydroxyl groups is 1. The van der Waals surface area contributed by atoms with Crippen LogP contribution < -0.4 is 4.74 Å². The number of nitrogens with zero attached hydrogens (tertiary/aromatic N) is 1. The number of esters is 1. The first kappa shape index (κ1) is 25.2. The molecule has 174 valence electrons. The summed E-state index contributed by atoms with van der Waals surface area (Å²) in [6, 6.07) is 13.4. The maximum absolute atomic E-state index is 11.5. The molecule has 0 saturated carbocycles. The summed E-state index contributed by atoms with van der Waals surface area (Å²) in [6.45, 7) is 6.10. The van der Waals surface area contributed by atoms with Gasteiger partial charge in [0.05, 0.1) is 16.1 Å². The van der Waals surface area contributed by atoms with E-state index in [2.05, 4.69) is 36.8 Å². The van der Waals surface area contributed by atoms with E-state index in [4.69, 9.17) is 9.47 Å². The number of aromatic nitrogens is 1. The molecule has 0 radical (unpaired) electrons. The van der Waals surface area contributed by atoms with Gasteiger partial charge in [0.1, 0.15) is 11.5 Å². The molecule has 1 aromatic heterocycles. The Bertz CT molecular complexity index is 1110. The highest BCUT2D eigenvalue weighted by molar-refractivity contribution is 9.11. The Kier molecular flexibility index (Phi) is 8.54. The number of ether oxygens (including phenoxy) is 2. The minimum Gasteiger partial charge on any atom is -0.507 e. The Hall–Kier alpha value is -2.38. The van der Waals surface area contributed by atoms with Gasteiger partial charge in [0, 0.05) is 35.4 Å². The molecule has 0 spiro atoms. The SMILES string of the molecule is COC(=O)CCc1cc(Br)c(Oc2cc(C(C)C)c(O)c(C(C)c3ccccn3)c2)c(Br)c1. The quantitative estimate of drug-likeness (QED) is 0.281. The molecule has 0 saturated heterocycles. The lowest BCUT2D eigenvalue weighted by molar-refractivity contribution is -0.140. The van der Waals surface area contributed by atoms with Crippen molar-refractivity contribution in [3.8, 4) is 17.2 Å². The van der Waals surface area contributed by atoms with Gasteiger partial charge in [0.15, 0.2) is 5.75 Å². The van der Waals surface area contributed by atoms with Gasteiger partial charge in [-0.3, -0.25) is 9.78 Å². The predicted octanol–water partition coefficient (Wildman–Crippen LogP) is 7.49. The molecule has 33 heavy (non-hydrogen) atoms. The molecule has 5 nitrogen and oxygen atoms in total. The Balaban J connectivity index is 1.96. The molecule has 3 rings (SSSR count). The van der Waals surface area contributed by atoms with Crippen LogP contribution in [0.5, 0.6) is 17.2 Å². The van der Waals surface area contributed by atoms with Gasteiger partial charge in [-0.2, -0.15) is 0 Å². The third kappa shape index (κ3) is 6.15. The fraction of sp³-hybridized carbons (Fsp3) is 0.308. The second-order valence-corrected chi connectivity index (χ2v) is 9.86. The van der Waals surface area contributed by atoms with E-state index in [-0.39, 0.29) is 23.6 Å². The van der Waals surface area contributed by atoms with Crippen molar-refractivity contribution in [3.05, 3.63) is 80.0 Å². The monoisotopic (exact) mass is 575 g/mol. The zero-order chi connectivity index (χ0) is 24.1. The second kappa shape index (κ2) is 11.2. The summed E-state index contributed by atoms with van der Waals surface area (Å²) >= 11 is 7.19. The summed E-state index contributed by atoms with van der Waals surface area (Å²) in [5, 5.41) is 11.0. The van der Waals surface area contributed by atoms with Gasteiger partial charge in [-0.1, -0.05) is 26.8 Å². The van der Waals surface area contributed by atoms with Crippen molar-refractivity contribution in [1.29, 1.82) is 0 Å². The number of aryl methyl sites for hydroxylation is 1. The first-order valence-electron chi connectivity index (χ1n) is 10.7. The third-order valence-electron chi connectivity index (χ3n) is 5.49. The Morgan fingerprint density at radius 2 is 1.73 bits per heavy atom. The van der Waals surface area contributed by atoms with Crippen molar-refractivity contribution in [3.63, 3.8) is 0 Å². The molecular weight excluding hydrogens is 550 g/mol. The van der Waals surface area contributed by atoms with Crippen LogP contribution >= 0.6 is 31.9 Å². The van der Waals surface area contributed by atoms with Gasteiger partial charge in [-0.15, -0.1) is 0 Å². The average Bonchev–Trinajstić information content (AvgIpc) is 2.80. The molecule has 3 aromatic rings. The van der Waals surface area contributed by atoms with Crippen LogP contribution in [0.15, 0.2) is 57.6 Å². The van der Waals surface area contributed by atoms with E-state index < -0.39 is 0 Å². The fourth-order valence-corrected chi connectivity index (χ4v) is 5.04. The van der Waals surface area contributed by atoms with E-state index in [0.29, 0.717) is 24.3 Å². The predicted molar refractivity (Wildman–Crippen MR) is 136 cm³/mol. The van der Waals surface area contributed by atoms with E-state index >= 15 is 0 Å². The molecule has 1 unspecified atom stereocenters. The van der Waals surface area contributed by atoms with E-state index in [1.807, 2.05) is 63.2 Å². The van der Waals surface area contributed by atoms with E-state index in [0.717, 1.165) is 31.3 Å². The van der Waals surface area contributed by atoms with Crippen LogP contribution in [0.1, 0.15) is 61.4 Å².